The van der Waals surface area contributed by atoms with Gasteiger partial charge in [0.1, 0.15) is 10.6 Å². The molecule has 33 heavy (non-hydrogen) atoms. The number of aryl methyl sites for hydroxylation is 1. The highest BCUT2D eigenvalue weighted by atomic mass is 35.5. The van der Waals surface area contributed by atoms with Crippen LogP contribution in [0.3, 0.4) is 0 Å². The number of sulfonamides is 2. The molecular weight excluding hydrogens is 490 g/mol. The number of nitrogens with one attached hydrogen (secondary N) is 2. The summed E-state index contributed by atoms with van der Waals surface area (Å²) in [5, 5.41) is 3.07. The maximum atomic E-state index is 13.1. The average molecular weight is 516 g/mol. The number of benzene rings is 2. The molecule has 1 fully saturated rings. The Labute approximate surface area is 199 Å². The number of hydrogen-bond donors (Lipinski definition) is 2. The number of carbonyl (C=O) groups excluding carboxylic acids is 1. The normalized spacial score (nSPS) is 15.9. The first-order valence-electron chi connectivity index (χ1n) is 10.2. The number of rotatable bonds is 7. The fourth-order valence-electron chi connectivity index (χ4n) is 3.61. The molecule has 1 aliphatic heterocycles. The summed E-state index contributed by atoms with van der Waals surface area (Å²) in [4.78, 5) is 12.9. The summed E-state index contributed by atoms with van der Waals surface area (Å²) >= 11 is 5.99. The van der Waals surface area contributed by atoms with E-state index in [1.54, 1.807) is 19.1 Å². The molecular formula is C21H26ClN3O6S2. The van der Waals surface area contributed by atoms with Gasteiger partial charge in [-0.2, -0.15) is 4.31 Å². The molecule has 3 rings (SSSR count). The van der Waals surface area contributed by atoms with Gasteiger partial charge in [0.2, 0.25) is 26.0 Å². The number of piperidine rings is 1. The van der Waals surface area contributed by atoms with E-state index in [-0.39, 0.29) is 39.6 Å². The third-order valence-corrected chi connectivity index (χ3v) is 9.18. The van der Waals surface area contributed by atoms with Crippen molar-refractivity contribution in [2.45, 2.75) is 29.6 Å². The highest BCUT2D eigenvalue weighted by Crippen LogP contribution is 2.32. The standard InChI is InChI=1S/C21H26ClN3O6S2/c1-14-4-6-17(32(27,28)23-2)13-18(14)24-21(26)15-8-10-25(11-9-15)33(29,30)20-12-16(22)5-7-19(20)31-3/h4-7,12-13,15,23H,8-11H2,1-3H3,(H,24,26). The number of hydrogen-bond acceptors (Lipinski definition) is 6. The van der Waals surface area contributed by atoms with E-state index in [4.69, 9.17) is 16.3 Å². The zero-order valence-electron chi connectivity index (χ0n) is 18.5. The molecule has 1 aliphatic rings. The van der Waals surface area contributed by atoms with Gasteiger partial charge in [-0.15, -0.1) is 0 Å². The van der Waals surface area contributed by atoms with Crippen LogP contribution in [0, 0.1) is 12.8 Å². The molecule has 1 amide bonds. The second-order valence-corrected chi connectivity index (χ2v) is 11.9. The largest absolute Gasteiger partial charge is 0.495 e. The van der Waals surface area contributed by atoms with E-state index in [9.17, 15) is 21.6 Å². The smallest absolute Gasteiger partial charge is 0.246 e. The molecule has 0 bridgehead atoms. The summed E-state index contributed by atoms with van der Waals surface area (Å²) in [6.07, 6.45) is 0.642. The maximum absolute atomic E-state index is 13.1. The van der Waals surface area contributed by atoms with Gasteiger partial charge in [-0.1, -0.05) is 17.7 Å². The zero-order chi connectivity index (χ0) is 24.4. The first kappa shape index (κ1) is 25.4. The molecule has 0 aliphatic carbocycles. The molecule has 0 aromatic heterocycles. The number of nitrogens with zero attached hydrogens (tertiary/aromatic N) is 1. The Bertz CT molecular complexity index is 1260. The predicted octanol–water partition coefficient (Wildman–Crippen LogP) is 2.60. The van der Waals surface area contributed by atoms with Crippen molar-refractivity contribution in [3.63, 3.8) is 0 Å². The van der Waals surface area contributed by atoms with Gasteiger partial charge >= 0.3 is 0 Å². The Morgan fingerprint density at radius 1 is 1.09 bits per heavy atom. The topological polar surface area (TPSA) is 122 Å². The number of amides is 1. The van der Waals surface area contributed by atoms with Crippen molar-refractivity contribution in [1.29, 1.82) is 0 Å². The van der Waals surface area contributed by atoms with Crippen LogP contribution in [0.5, 0.6) is 5.75 Å². The lowest BCUT2D eigenvalue weighted by Crippen LogP contribution is -2.41. The average Bonchev–Trinajstić information content (AvgIpc) is 2.80. The van der Waals surface area contributed by atoms with Crippen LogP contribution in [-0.2, 0) is 24.8 Å². The van der Waals surface area contributed by atoms with Crippen LogP contribution >= 0.6 is 11.6 Å². The fourth-order valence-corrected chi connectivity index (χ4v) is 6.25. The summed E-state index contributed by atoms with van der Waals surface area (Å²) < 4.78 is 59.1. The molecule has 12 heteroatoms. The highest BCUT2D eigenvalue weighted by Gasteiger charge is 2.34. The van der Waals surface area contributed by atoms with Crippen LogP contribution in [0.2, 0.25) is 5.02 Å². The molecule has 0 atom stereocenters. The molecule has 9 nitrogen and oxygen atoms in total. The second kappa shape index (κ2) is 9.98. The molecule has 0 unspecified atom stereocenters. The van der Waals surface area contributed by atoms with Crippen LogP contribution in [0.4, 0.5) is 5.69 Å². The van der Waals surface area contributed by atoms with Gasteiger partial charge in [-0.05, 0) is 62.7 Å². The van der Waals surface area contributed by atoms with E-state index in [2.05, 4.69) is 10.0 Å². The SMILES string of the molecule is CNS(=O)(=O)c1ccc(C)c(NC(=O)C2CCN(S(=O)(=O)c3cc(Cl)ccc3OC)CC2)c1. The molecule has 0 spiro atoms. The Kier molecular flexibility index (Phi) is 7.69. The number of ether oxygens (including phenoxy) is 1. The Morgan fingerprint density at radius 2 is 1.76 bits per heavy atom. The van der Waals surface area contributed by atoms with Gasteiger partial charge in [0.25, 0.3) is 0 Å². The maximum Gasteiger partial charge on any atom is 0.246 e. The fraction of sp³-hybridized carbons (Fsp3) is 0.381. The van der Waals surface area contributed by atoms with E-state index in [1.807, 2.05) is 0 Å². The van der Waals surface area contributed by atoms with Crippen LogP contribution in [-0.4, -0.2) is 54.3 Å². The minimum atomic E-state index is -3.85. The van der Waals surface area contributed by atoms with Crippen molar-refractivity contribution in [2.75, 3.05) is 32.6 Å². The first-order chi connectivity index (χ1) is 15.5. The molecule has 0 radical (unpaired) electrons. The Balaban J connectivity index is 1.71. The molecule has 2 aromatic rings. The number of halogens is 1. The minimum Gasteiger partial charge on any atom is -0.495 e. The molecule has 0 saturated carbocycles. The predicted molar refractivity (Wildman–Crippen MR) is 126 cm³/mol. The van der Waals surface area contributed by atoms with Gasteiger partial charge in [-0.3, -0.25) is 4.79 Å². The summed E-state index contributed by atoms with van der Waals surface area (Å²) in [5.74, 6) is -0.498. The van der Waals surface area contributed by atoms with Crippen LogP contribution < -0.4 is 14.8 Å². The lowest BCUT2D eigenvalue weighted by Gasteiger charge is -2.31. The number of anilines is 1. The van der Waals surface area contributed by atoms with E-state index >= 15 is 0 Å². The van der Waals surface area contributed by atoms with Crippen molar-refractivity contribution in [2.24, 2.45) is 5.92 Å². The minimum absolute atomic E-state index is 0.0152. The van der Waals surface area contributed by atoms with Crippen molar-refractivity contribution in [3.05, 3.63) is 47.0 Å². The van der Waals surface area contributed by atoms with E-state index < -0.39 is 26.0 Å². The van der Waals surface area contributed by atoms with Gasteiger partial charge in [0, 0.05) is 29.7 Å². The quantitative estimate of drug-likeness (QED) is 0.584. The van der Waals surface area contributed by atoms with Gasteiger partial charge in [0.15, 0.2) is 0 Å². The van der Waals surface area contributed by atoms with Gasteiger partial charge in [0.05, 0.1) is 12.0 Å². The molecule has 2 N–H and O–H groups in total. The molecule has 1 heterocycles. The zero-order valence-corrected chi connectivity index (χ0v) is 20.8. The lowest BCUT2D eigenvalue weighted by atomic mass is 9.97. The number of carbonyl (C=O) groups is 1. The van der Waals surface area contributed by atoms with Crippen LogP contribution in [0.15, 0.2) is 46.2 Å². The van der Waals surface area contributed by atoms with Crippen molar-refractivity contribution in [1.82, 2.24) is 9.03 Å². The van der Waals surface area contributed by atoms with Crippen molar-refractivity contribution < 1.29 is 26.4 Å². The summed E-state index contributed by atoms with van der Waals surface area (Å²) in [5.41, 5.74) is 1.11. The van der Waals surface area contributed by atoms with Crippen molar-refractivity contribution >= 4 is 43.2 Å². The van der Waals surface area contributed by atoms with E-state index in [0.29, 0.717) is 24.1 Å². The van der Waals surface area contributed by atoms with Crippen molar-refractivity contribution in [3.8, 4) is 5.75 Å². The monoisotopic (exact) mass is 515 g/mol. The Hall–Kier alpha value is -2.18. The molecule has 1 saturated heterocycles. The molecule has 180 valence electrons. The van der Waals surface area contributed by atoms with E-state index in [1.165, 1.54) is 42.7 Å². The summed E-state index contributed by atoms with van der Waals surface area (Å²) in [6, 6.07) is 8.89. The summed E-state index contributed by atoms with van der Waals surface area (Å²) in [6.45, 7) is 2.07. The first-order valence-corrected chi connectivity index (χ1v) is 13.5. The third-order valence-electron chi connectivity index (χ3n) is 5.61. The lowest BCUT2D eigenvalue weighted by molar-refractivity contribution is -0.120. The van der Waals surface area contributed by atoms with Gasteiger partial charge < -0.3 is 10.1 Å². The van der Waals surface area contributed by atoms with Crippen LogP contribution in [0.1, 0.15) is 18.4 Å². The highest BCUT2D eigenvalue weighted by molar-refractivity contribution is 7.89. The van der Waals surface area contributed by atoms with Gasteiger partial charge in [-0.25, -0.2) is 21.6 Å². The van der Waals surface area contributed by atoms with E-state index in [0.717, 1.165) is 0 Å². The molecule has 2 aromatic carbocycles. The summed E-state index contributed by atoms with van der Waals surface area (Å²) in [7, 11) is -4.80. The third kappa shape index (κ3) is 5.49. The Morgan fingerprint density at radius 3 is 2.36 bits per heavy atom. The second-order valence-electron chi connectivity index (χ2n) is 7.65. The number of methoxy groups -OCH3 is 1. The van der Waals surface area contributed by atoms with Crippen LogP contribution in [0.25, 0.3) is 0 Å².